The van der Waals surface area contributed by atoms with E-state index < -0.39 is 29.7 Å². The van der Waals surface area contributed by atoms with E-state index in [0.717, 1.165) is 0 Å². The molecule has 0 fully saturated rings. The van der Waals surface area contributed by atoms with E-state index in [4.69, 9.17) is 28.4 Å². The molecule has 0 heterocycles. The van der Waals surface area contributed by atoms with Crippen molar-refractivity contribution in [3.05, 3.63) is 70.3 Å². The number of hydrogen-bond donors (Lipinski definition) is 1. The number of carbonyl (C=O) groups is 4. The van der Waals surface area contributed by atoms with E-state index in [1.165, 1.54) is 85.1 Å². The van der Waals surface area contributed by atoms with Crippen LogP contribution in [0, 0.1) is 0 Å². The summed E-state index contributed by atoms with van der Waals surface area (Å²) < 4.78 is 31.5. The van der Waals surface area contributed by atoms with Crippen LogP contribution < -0.4 is 28.4 Å². The van der Waals surface area contributed by atoms with Gasteiger partial charge in [0.2, 0.25) is 34.6 Å². The molecule has 1 N–H and O–H groups in total. The third-order valence-corrected chi connectivity index (χ3v) is 6.02. The van der Waals surface area contributed by atoms with Gasteiger partial charge >= 0.3 is 0 Å². The molecule has 0 aromatic heterocycles. The molecule has 3 aromatic rings. The highest BCUT2D eigenvalue weighted by Gasteiger charge is 2.30. The Balaban J connectivity index is 2.10. The molecule has 0 saturated heterocycles. The third kappa shape index (κ3) is 5.59. The van der Waals surface area contributed by atoms with Gasteiger partial charge in [-0.05, 0) is 42.0 Å². The van der Waals surface area contributed by atoms with Crippen LogP contribution in [0.2, 0.25) is 0 Å². The summed E-state index contributed by atoms with van der Waals surface area (Å²) in [5.74, 6) is -3.19. The zero-order chi connectivity index (χ0) is 29.6. The summed E-state index contributed by atoms with van der Waals surface area (Å²) in [5, 5.41) is 9.64. The van der Waals surface area contributed by atoms with Crippen LogP contribution in [0.25, 0.3) is 0 Å². The number of hydrogen-bond acceptors (Lipinski definition) is 11. The van der Waals surface area contributed by atoms with Gasteiger partial charge in [-0.2, -0.15) is 0 Å². The van der Waals surface area contributed by atoms with Crippen molar-refractivity contribution in [2.45, 2.75) is 6.61 Å². The maximum absolute atomic E-state index is 13.5. The van der Waals surface area contributed by atoms with Crippen molar-refractivity contribution in [2.75, 3.05) is 42.7 Å². The fourth-order valence-electron chi connectivity index (χ4n) is 4.01. The van der Waals surface area contributed by atoms with Gasteiger partial charge in [-0.25, -0.2) is 0 Å². The van der Waals surface area contributed by atoms with Crippen molar-refractivity contribution < 1.29 is 52.7 Å². The first-order chi connectivity index (χ1) is 19.2. The van der Waals surface area contributed by atoms with Crippen molar-refractivity contribution in [3.63, 3.8) is 0 Å². The molecule has 3 aromatic carbocycles. The highest BCUT2D eigenvalue weighted by molar-refractivity contribution is 6.54. The Morgan fingerprint density at radius 2 is 0.900 bits per heavy atom. The van der Waals surface area contributed by atoms with Gasteiger partial charge in [0.1, 0.15) is 0 Å². The van der Waals surface area contributed by atoms with Crippen LogP contribution in [0.4, 0.5) is 0 Å². The lowest BCUT2D eigenvalue weighted by molar-refractivity contribution is 0.0800. The predicted molar refractivity (Wildman–Crippen MR) is 142 cm³/mol. The number of aliphatic hydroxyl groups is 1. The summed E-state index contributed by atoms with van der Waals surface area (Å²) in [6, 6.07) is 8.95. The van der Waals surface area contributed by atoms with Gasteiger partial charge in [0.15, 0.2) is 23.0 Å². The minimum Gasteiger partial charge on any atom is -0.493 e. The molecular weight excluding hydrogens is 524 g/mol. The highest BCUT2D eigenvalue weighted by Crippen LogP contribution is 2.39. The summed E-state index contributed by atoms with van der Waals surface area (Å²) in [6.45, 7) is -0.478. The minimum atomic E-state index is -1.09. The van der Waals surface area contributed by atoms with Gasteiger partial charge in [0.25, 0.3) is 0 Å². The topological polar surface area (TPSA) is 144 Å². The first kappa shape index (κ1) is 29.7. The van der Waals surface area contributed by atoms with Crippen LogP contribution in [-0.4, -0.2) is 70.9 Å². The van der Waals surface area contributed by atoms with E-state index in [1.807, 2.05) is 0 Å². The Kier molecular flexibility index (Phi) is 9.46. The Bertz CT molecular complexity index is 1420. The van der Waals surface area contributed by atoms with Crippen LogP contribution in [0.1, 0.15) is 47.0 Å². The summed E-state index contributed by atoms with van der Waals surface area (Å²) in [4.78, 5) is 53.5. The van der Waals surface area contributed by atoms with Crippen molar-refractivity contribution >= 4 is 23.1 Å². The molecule has 210 valence electrons. The van der Waals surface area contributed by atoms with Crippen LogP contribution in [0.15, 0.2) is 42.5 Å². The normalized spacial score (nSPS) is 10.4. The lowest BCUT2D eigenvalue weighted by atomic mass is 9.91. The second-order valence-electron chi connectivity index (χ2n) is 8.18. The van der Waals surface area contributed by atoms with Gasteiger partial charge in [0, 0.05) is 22.3 Å². The Labute approximate surface area is 230 Å². The van der Waals surface area contributed by atoms with Crippen LogP contribution >= 0.6 is 0 Å². The van der Waals surface area contributed by atoms with Crippen LogP contribution in [0.3, 0.4) is 0 Å². The number of ketones is 4. The van der Waals surface area contributed by atoms with Crippen molar-refractivity contribution in [3.8, 4) is 34.5 Å². The van der Waals surface area contributed by atoms with Crippen molar-refractivity contribution in [2.24, 2.45) is 0 Å². The van der Waals surface area contributed by atoms with E-state index in [1.54, 1.807) is 0 Å². The number of ether oxygens (including phenoxy) is 6. The standard InChI is InChI=1S/C29H28O11/c1-35-20-10-16(11-21(36-2)28(20)39-5)24(31)26(33)18-8-7-15(14-30)9-19(18)27(34)25(32)17-12-22(37-3)29(40-6)23(13-17)38-4/h7-13,30H,14H2,1-6H3. The molecule has 3 rings (SSSR count). The smallest absolute Gasteiger partial charge is 0.234 e. The van der Waals surface area contributed by atoms with E-state index in [9.17, 15) is 24.3 Å². The molecule has 11 heteroatoms. The SMILES string of the molecule is COc1cc(C(=O)C(=O)c2ccc(CO)cc2C(=O)C(=O)c2cc(OC)c(OC)c(OC)c2)cc(OC)c1OC. The largest absolute Gasteiger partial charge is 0.493 e. The Morgan fingerprint density at radius 3 is 1.23 bits per heavy atom. The Hall–Kier alpha value is -4.90. The quantitative estimate of drug-likeness (QED) is 0.246. The molecule has 0 aliphatic heterocycles. The fraction of sp³-hybridized carbons (Fsp3) is 0.241. The summed E-state index contributed by atoms with van der Waals surface area (Å²) >= 11 is 0. The molecule has 0 aliphatic rings. The number of carbonyl (C=O) groups excluding carboxylic acids is 4. The summed E-state index contributed by atoms with van der Waals surface area (Å²) in [7, 11) is 8.18. The molecule has 0 aliphatic carbocycles. The highest BCUT2D eigenvalue weighted by atomic mass is 16.5. The maximum atomic E-state index is 13.5. The van der Waals surface area contributed by atoms with E-state index in [0.29, 0.717) is 0 Å². The number of benzene rings is 3. The van der Waals surface area contributed by atoms with Crippen LogP contribution in [0.5, 0.6) is 34.5 Å². The molecule has 11 nitrogen and oxygen atoms in total. The van der Waals surface area contributed by atoms with E-state index in [2.05, 4.69) is 0 Å². The molecular formula is C29H28O11. The monoisotopic (exact) mass is 552 g/mol. The zero-order valence-corrected chi connectivity index (χ0v) is 22.8. The summed E-state index contributed by atoms with van der Waals surface area (Å²) in [5.41, 5.74) is -0.654. The lowest BCUT2D eigenvalue weighted by Gasteiger charge is -2.15. The van der Waals surface area contributed by atoms with Gasteiger partial charge in [-0.1, -0.05) is 6.07 Å². The van der Waals surface area contributed by atoms with E-state index in [-0.39, 0.29) is 62.3 Å². The maximum Gasteiger partial charge on any atom is 0.234 e. The zero-order valence-electron chi connectivity index (χ0n) is 22.8. The first-order valence-corrected chi connectivity index (χ1v) is 11.7. The average Bonchev–Trinajstić information content (AvgIpc) is 3.01. The van der Waals surface area contributed by atoms with Gasteiger partial charge in [-0.15, -0.1) is 0 Å². The molecule has 0 atom stereocenters. The summed E-state index contributed by atoms with van der Waals surface area (Å²) in [6.07, 6.45) is 0. The lowest BCUT2D eigenvalue weighted by Crippen LogP contribution is -2.22. The fourth-order valence-corrected chi connectivity index (χ4v) is 4.01. The van der Waals surface area contributed by atoms with Crippen LogP contribution in [-0.2, 0) is 6.61 Å². The number of aliphatic hydroxyl groups excluding tert-OH is 1. The van der Waals surface area contributed by atoms with Crippen molar-refractivity contribution in [1.82, 2.24) is 0 Å². The average molecular weight is 553 g/mol. The predicted octanol–water partition coefficient (Wildman–Crippen LogP) is 3.36. The van der Waals surface area contributed by atoms with E-state index >= 15 is 0 Å². The van der Waals surface area contributed by atoms with Gasteiger partial charge < -0.3 is 33.5 Å². The van der Waals surface area contributed by atoms with Gasteiger partial charge in [0.05, 0.1) is 49.3 Å². The number of Topliss-reactive ketones (excluding diaryl/α,β-unsaturated/α-hetero) is 4. The second-order valence-corrected chi connectivity index (χ2v) is 8.18. The first-order valence-electron chi connectivity index (χ1n) is 11.7. The Morgan fingerprint density at radius 1 is 0.525 bits per heavy atom. The van der Waals surface area contributed by atoms with Gasteiger partial charge in [-0.3, -0.25) is 19.2 Å². The second kappa shape index (κ2) is 12.8. The minimum absolute atomic E-state index is 0.0971. The molecule has 0 unspecified atom stereocenters. The molecule has 0 bridgehead atoms. The molecule has 0 spiro atoms. The van der Waals surface area contributed by atoms with Crippen molar-refractivity contribution in [1.29, 1.82) is 0 Å². The molecule has 0 amide bonds. The number of rotatable bonds is 13. The molecule has 0 saturated carbocycles. The molecule has 0 radical (unpaired) electrons. The molecule has 40 heavy (non-hydrogen) atoms. The third-order valence-electron chi connectivity index (χ3n) is 6.02. The number of methoxy groups -OCH3 is 6.